The van der Waals surface area contributed by atoms with Gasteiger partial charge in [-0.3, -0.25) is 9.59 Å². The maximum Gasteiger partial charge on any atom is 0.170 e. The number of aryl methyl sites for hydroxylation is 1. The van der Waals surface area contributed by atoms with Crippen LogP contribution in [0.25, 0.3) is 0 Å². The molecule has 0 heterocycles. The molecular formula is C15H18O4. The molecule has 4 nitrogen and oxygen atoms in total. The summed E-state index contributed by atoms with van der Waals surface area (Å²) in [4.78, 5) is 23.8. The van der Waals surface area contributed by atoms with E-state index in [1.807, 2.05) is 6.92 Å². The van der Waals surface area contributed by atoms with Crippen LogP contribution in [0.1, 0.15) is 35.2 Å². The minimum absolute atomic E-state index is 0.0269. The van der Waals surface area contributed by atoms with Crippen LogP contribution in [0.2, 0.25) is 0 Å². The highest BCUT2D eigenvalue weighted by Crippen LogP contribution is 2.33. The van der Waals surface area contributed by atoms with Crippen LogP contribution in [0.15, 0.2) is 12.1 Å². The summed E-state index contributed by atoms with van der Waals surface area (Å²) in [7, 11) is 3.11. The van der Waals surface area contributed by atoms with Crippen molar-refractivity contribution in [2.24, 2.45) is 5.92 Å². The van der Waals surface area contributed by atoms with Gasteiger partial charge >= 0.3 is 0 Å². The normalized spacial score (nSPS) is 18.5. The highest BCUT2D eigenvalue weighted by Gasteiger charge is 2.30. The summed E-state index contributed by atoms with van der Waals surface area (Å²) in [6.07, 6.45) is 1.48. The van der Waals surface area contributed by atoms with Gasteiger partial charge in [-0.2, -0.15) is 0 Å². The Hall–Kier alpha value is -1.84. The lowest BCUT2D eigenvalue weighted by Crippen LogP contribution is -2.13. The van der Waals surface area contributed by atoms with E-state index in [1.54, 1.807) is 19.2 Å². The van der Waals surface area contributed by atoms with Crippen LogP contribution >= 0.6 is 0 Å². The van der Waals surface area contributed by atoms with Crippen molar-refractivity contribution in [1.82, 2.24) is 0 Å². The molecule has 102 valence electrons. The van der Waals surface area contributed by atoms with Gasteiger partial charge in [0, 0.05) is 18.8 Å². The Morgan fingerprint density at radius 1 is 1.21 bits per heavy atom. The lowest BCUT2D eigenvalue weighted by Gasteiger charge is -2.14. The van der Waals surface area contributed by atoms with Crippen molar-refractivity contribution in [3.05, 3.63) is 23.3 Å². The Morgan fingerprint density at radius 2 is 1.89 bits per heavy atom. The van der Waals surface area contributed by atoms with Gasteiger partial charge in [0.2, 0.25) is 0 Å². The minimum atomic E-state index is -0.214. The number of benzene rings is 1. The van der Waals surface area contributed by atoms with E-state index in [9.17, 15) is 9.59 Å². The van der Waals surface area contributed by atoms with Crippen LogP contribution in [0.5, 0.6) is 11.5 Å². The van der Waals surface area contributed by atoms with E-state index in [1.165, 1.54) is 7.11 Å². The molecule has 0 N–H and O–H groups in total. The lowest BCUT2D eigenvalue weighted by molar-refractivity contribution is -0.117. The van der Waals surface area contributed by atoms with Crippen LogP contribution in [-0.4, -0.2) is 25.8 Å². The highest BCUT2D eigenvalue weighted by molar-refractivity contribution is 6.03. The van der Waals surface area contributed by atoms with Crippen LogP contribution in [-0.2, 0) is 4.79 Å². The fourth-order valence-corrected chi connectivity index (χ4v) is 2.50. The summed E-state index contributed by atoms with van der Waals surface area (Å²) < 4.78 is 10.5. The average molecular weight is 262 g/mol. The molecule has 1 fully saturated rings. The fourth-order valence-electron chi connectivity index (χ4n) is 2.50. The molecule has 0 saturated heterocycles. The maximum absolute atomic E-state index is 12.5. The zero-order valence-corrected chi connectivity index (χ0v) is 11.5. The summed E-state index contributed by atoms with van der Waals surface area (Å²) in [5.41, 5.74) is 1.42. The maximum atomic E-state index is 12.5. The smallest absolute Gasteiger partial charge is 0.170 e. The number of hydrogen-bond donors (Lipinski definition) is 0. The SMILES string of the molecule is COc1cc(C(=O)C2CCC(=O)C2)c(OC)cc1C. The van der Waals surface area contributed by atoms with Crippen molar-refractivity contribution < 1.29 is 19.1 Å². The molecule has 1 atom stereocenters. The molecular weight excluding hydrogens is 244 g/mol. The zero-order valence-electron chi connectivity index (χ0n) is 11.5. The minimum Gasteiger partial charge on any atom is -0.496 e. The van der Waals surface area contributed by atoms with Gasteiger partial charge in [-0.1, -0.05) is 0 Å². The van der Waals surface area contributed by atoms with E-state index in [2.05, 4.69) is 0 Å². The third-order valence-corrected chi connectivity index (χ3v) is 3.60. The van der Waals surface area contributed by atoms with E-state index in [0.29, 0.717) is 36.3 Å². The predicted octanol–water partition coefficient (Wildman–Crippen LogP) is 2.56. The molecule has 19 heavy (non-hydrogen) atoms. The first-order chi connectivity index (χ1) is 9.06. The van der Waals surface area contributed by atoms with Crippen LogP contribution in [0.3, 0.4) is 0 Å². The third kappa shape index (κ3) is 2.62. The van der Waals surface area contributed by atoms with Crippen molar-refractivity contribution in [3.63, 3.8) is 0 Å². The number of carbonyl (C=O) groups is 2. The number of rotatable bonds is 4. The molecule has 0 bridgehead atoms. The molecule has 1 unspecified atom stereocenters. The van der Waals surface area contributed by atoms with E-state index in [0.717, 1.165) is 5.56 Å². The average Bonchev–Trinajstić information content (AvgIpc) is 2.84. The Kier molecular flexibility index (Phi) is 3.88. The van der Waals surface area contributed by atoms with Gasteiger partial charge in [0.05, 0.1) is 19.8 Å². The van der Waals surface area contributed by atoms with E-state index in [-0.39, 0.29) is 17.5 Å². The van der Waals surface area contributed by atoms with Gasteiger partial charge in [-0.05, 0) is 31.0 Å². The third-order valence-electron chi connectivity index (χ3n) is 3.60. The molecule has 0 aromatic heterocycles. The first-order valence-electron chi connectivity index (χ1n) is 6.35. The molecule has 1 saturated carbocycles. The molecule has 4 heteroatoms. The van der Waals surface area contributed by atoms with E-state index >= 15 is 0 Å². The molecule has 1 aliphatic carbocycles. The Labute approximate surface area is 112 Å². The van der Waals surface area contributed by atoms with Gasteiger partial charge < -0.3 is 9.47 Å². The molecule has 0 radical (unpaired) electrons. The Morgan fingerprint density at radius 3 is 2.42 bits per heavy atom. The zero-order chi connectivity index (χ0) is 14.0. The summed E-state index contributed by atoms with van der Waals surface area (Å²) in [5.74, 6) is 1.13. The number of ether oxygens (including phenoxy) is 2. The topological polar surface area (TPSA) is 52.6 Å². The quantitative estimate of drug-likeness (QED) is 0.782. The van der Waals surface area contributed by atoms with Crippen LogP contribution in [0.4, 0.5) is 0 Å². The van der Waals surface area contributed by atoms with Gasteiger partial charge in [0.15, 0.2) is 5.78 Å². The van der Waals surface area contributed by atoms with Gasteiger partial charge in [0.25, 0.3) is 0 Å². The molecule has 1 aliphatic rings. The second-order valence-electron chi connectivity index (χ2n) is 4.86. The molecule has 1 aromatic carbocycles. The predicted molar refractivity (Wildman–Crippen MR) is 71.0 cm³/mol. The van der Waals surface area contributed by atoms with Crippen LogP contribution in [0, 0.1) is 12.8 Å². The highest BCUT2D eigenvalue weighted by atomic mass is 16.5. The second kappa shape index (κ2) is 5.43. The number of methoxy groups -OCH3 is 2. The van der Waals surface area contributed by atoms with Crippen molar-refractivity contribution in [2.75, 3.05) is 14.2 Å². The Balaban J connectivity index is 2.37. The van der Waals surface area contributed by atoms with E-state index in [4.69, 9.17) is 9.47 Å². The molecule has 0 aliphatic heterocycles. The second-order valence-corrected chi connectivity index (χ2v) is 4.86. The summed E-state index contributed by atoms with van der Waals surface area (Å²) in [6.45, 7) is 1.90. The van der Waals surface area contributed by atoms with Crippen molar-refractivity contribution in [1.29, 1.82) is 0 Å². The Bertz CT molecular complexity index is 519. The molecule has 2 rings (SSSR count). The van der Waals surface area contributed by atoms with Crippen molar-refractivity contribution in [3.8, 4) is 11.5 Å². The molecule has 0 spiro atoms. The van der Waals surface area contributed by atoms with Crippen molar-refractivity contribution in [2.45, 2.75) is 26.2 Å². The first kappa shape index (κ1) is 13.6. The summed E-state index contributed by atoms with van der Waals surface area (Å²) in [6, 6.07) is 3.50. The van der Waals surface area contributed by atoms with E-state index < -0.39 is 0 Å². The van der Waals surface area contributed by atoms with Crippen molar-refractivity contribution >= 4 is 11.6 Å². The number of hydrogen-bond acceptors (Lipinski definition) is 4. The fraction of sp³-hybridized carbons (Fsp3) is 0.467. The van der Waals surface area contributed by atoms with Crippen LogP contribution < -0.4 is 9.47 Å². The van der Waals surface area contributed by atoms with Gasteiger partial charge in [0.1, 0.15) is 17.3 Å². The molecule has 0 amide bonds. The monoisotopic (exact) mass is 262 g/mol. The molecule has 1 aromatic rings. The van der Waals surface area contributed by atoms with Gasteiger partial charge in [-0.15, -0.1) is 0 Å². The summed E-state index contributed by atoms with van der Waals surface area (Å²) >= 11 is 0. The number of carbonyl (C=O) groups excluding carboxylic acids is 2. The largest absolute Gasteiger partial charge is 0.496 e. The van der Waals surface area contributed by atoms with Gasteiger partial charge in [-0.25, -0.2) is 0 Å². The standard InChI is InChI=1S/C15H18O4/c1-9-6-14(19-3)12(8-13(9)18-2)15(17)10-4-5-11(16)7-10/h6,8,10H,4-5,7H2,1-3H3. The number of Topliss-reactive ketones (excluding diaryl/α,β-unsaturated/α-hetero) is 2. The number of ketones is 2. The lowest BCUT2D eigenvalue weighted by atomic mass is 9.94. The summed E-state index contributed by atoms with van der Waals surface area (Å²) in [5, 5.41) is 0. The first-order valence-corrected chi connectivity index (χ1v) is 6.35.